The minimum atomic E-state index is -2.58. The number of aliphatic hydroxyl groups excluding tert-OH is 3. The Morgan fingerprint density at radius 2 is 1.57 bits per heavy atom. The van der Waals surface area contributed by atoms with Gasteiger partial charge in [-0.2, -0.15) is 0 Å². The van der Waals surface area contributed by atoms with Crippen molar-refractivity contribution < 1.29 is 29.6 Å². The van der Waals surface area contributed by atoms with Crippen LogP contribution in [0.2, 0.25) is 0 Å². The lowest BCUT2D eigenvalue weighted by molar-refractivity contribution is -0.351. The third kappa shape index (κ3) is 2.76. The van der Waals surface area contributed by atoms with Gasteiger partial charge in [-0.15, -0.1) is 0 Å². The number of aliphatic hydroxyl groups is 4. The molecule has 4 N–H and O–H groups in total. The number of rotatable bonds is 2. The Labute approximate surface area is 160 Å². The molecule has 7 nitrogen and oxygen atoms in total. The van der Waals surface area contributed by atoms with Gasteiger partial charge in [0, 0.05) is 5.56 Å². The van der Waals surface area contributed by atoms with E-state index in [4.69, 9.17) is 9.15 Å². The number of benzene rings is 2. The molecule has 0 bridgehead atoms. The van der Waals surface area contributed by atoms with Crippen LogP contribution in [0.25, 0.3) is 22.3 Å². The van der Waals surface area contributed by atoms with Gasteiger partial charge in [-0.1, -0.05) is 42.5 Å². The second kappa shape index (κ2) is 6.80. The van der Waals surface area contributed by atoms with E-state index in [0.717, 1.165) is 0 Å². The van der Waals surface area contributed by atoms with E-state index in [1.165, 1.54) is 13.0 Å². The van der Waals surface area contributed by atoms with Gasteiger partial charge in [0.25, 0.3) is 0 Å². The molecule has 1 aliphatic heterocycles. The minimum absolute atomic E-state index is 0.0154. The Morgan fingerprint density at radius 1 is 0.929 bits per heavy atom. The van der Waals surface area contributed by atoms with Crippen LogP contribution in [-0.2, 0) is 10.5 Å². The van der Waals surface area contributed by atoms with Crippen molar-refractivity contribution in [3.63, 3.8) is 0 Å². The largest absolute Gasteiger partial charge is 0.455 e. The fraction of sp³-hybridized carbons (Fsp3) is 0.286. The zero-order valence-corrected chi connectivity index (χ0v) is 15.0. The summed E-state index contributed by atoms with van der Waals surface area (Å²) in [7, 11) is 0. The monoisotopic (exact) mass is 384 g/mol. The summed E-state index contributed by atoms with van der Waals surface area (Å²) >= 11 is 0. The van der Waals surface area contributed by atoms with Crippen LogP contribution in [0.4, 0.5) is 0 Å². The molecule has 7 heteroatoms. The molecule has 1 fully saturated rings. The maximum atomic E-state index is 13.3. The fourth-order valence-electron chi connectivity index (χ4n) is 3.59. The molecule has 0 spiro atoms. The molecule has 5 atom stereocenters. The topological polar surface area (TPSA) is 120 Å². The average molecular weight is 384 g/mol. The van der Waals surface area contributed by atoms with E-state index < -0.39 is 35.6 Å². The predicted molar refractivity (Wildman–Crippen MR) is 100 cm³/mol. The second-order valence-corrected chi connectivity index (χ2v) is 6.94. The fourth-order valence-corrected chi connectivity index (χ4v) is 3.59. The van der Waals surface area contributed by atoms with Crippen molar-refractivity contribution >= 4 is 11.0 Å². The van der Waals surface area contributed by atoms with Crippen LogP contribution < -0.4 is 5.43 Å². The highest BCUT2D eigenvalue weighted by molar-refractivity contribution is 5.80. The van der Waals surface area contributed by atoms with Crippen LogP contribution in [0.5, 0.6) is 0 Å². The van der Waals surface area contributed by atoms with Crippen molar-refractivity contribution in [2.45, 2.75) is 37.1 Å². The Morgan fingerprint density at radius 3 is 2.29 bits per heavy atom. The summed E-state index contributed by atoms with van der Waals surface area (Å²) in [6, 6.07) is 15.1. The van der Waals surface area contributed by atoms with E-state index in [1.54, 1.807) is 48.5 Å². The van der Waals surface area contributed by atoms with Gasteiger partial charge in [-0.25, -0.2) is 0 Å². The molecular weight excluding hydrogens is 364 g/mol. The zero-order chi connectivity index (χ0) is 20.1. The van der Waals surface area contributed by atoms with Crippen LogP contribution in [0.3, 0.4) is 0 Å². The zero-order valence-electron chi connectivity index (χ0n) is 15.0. The molecule has 0 saturated carbocycles. The maximum Gasteiger partial charge on any atom is 0.230 e. The van der Waals surface area contributed by atoms with Gasteiger partial charge in [0.1, 0.15) is 35.2 Å². The van der Waals surface area contributed by atoms with E-state index in [0.29, 0.717) is 11.1 Å². The van der Waals surface area contributed by atoms with Gasteiger partial charge in [0.05, 0.1) is 11.5 Å². The van der Waals surface area contributed by atoms with E-state index in [9.17, 15) is 25.2 Å². The first-order valence-electron chi connectivity index (χ1n) is 8.90. The van der Waals surface area contributed by atoms with E-state index in [-0.39, 0.29) is 16.7 Å². The second-order valence-electron chi connectivity index (χ2n) is 6.94. The molecule has 1 aliphatic rings. The maximum absolute atomic E-state index is 13.3. The van der Waals surface area contributed by atoms with Crippen molar-refractivity contribution in [3.05, 3.63) is 70.4 Å². The first-order valence-corrected chi connectivity index (χ1v) is 8.90. The standard InChI is InChI=1S/C21H20O7/c1-11-16(22)18(24)20(25)21(26,28-11)15-17(23)13-9-5-6-10-14(13)27-19(15)12-7-3-2-4-8-12/h2-11,16,18,20,22,24-26H,1H3/t11-,16-,18+,20+,21?/m0/s1. The number of hydrogen-bond acceptors (Lipinski definition) is 7. The first kappa shape index (κ1) is 18.8. The van der Waals surface area contributed by atoms with Crippen LogP contribution in [-0.4, -0.2) is 44.8 Å². The van der Waals surface area contributed by atoms with Crippen molar-refractivity contribution in [1.82, 2.24) is 0 Å². The van der Waals surface area contributed by atoms with Crippen LogP contribution in [0, 0.1) is 0 Å². The number of para-hydroxylation sites is 1. The van der Waals surface area contributed by atoms with Crippen LogP contribution in [0.15, 0.2) is 63.8 Å². The Hall–Kier alpha value is -2.55. The Kier molecular flexibility index (Phi) is 4.57. The van der Waals surface area contributed by atoms with Crippen molar-refractivity contribution in [1.29, 1.82) is 0 Å². The normalized spacial score (nSPS) is 30.5. The van der Waals surface area contributed by atoms with Gasteiger partial charge in [-0.05, 0) is 19.1 Å². The number of ether oxygens (including phenoxy) is 1. The van der Waals surface area contributed by atoms with Crippen molar-refractivity contribution in [3.8, 4) is 11.3 Å². The molecule has 28 heavy (non-hydrogen) atoms. The molecular formula is C21H20O7. The molecule has 0 amide bonds. The quantitative estimate of drug-likeness (QED) is 0.522. The average Bonchev–Trinajstić information content (AvgIpc) is 2.71. The predicted octanol–water partition coefficient (Wildman–Crippen LogP) is 1.11. The van der Waals surface area contributed by atoms with Gasteiger partial charge in [-0.3, -0.25) is 4.79 Å². The lowest BCUT2D eigenvalue weighted by Crippen LogP contribution is -2.63. The molecule has 3 aromatic rings. The van der Waals surface area contributed by atoms with Crippen molar-refractivity contribution in [2.24, 2.45) is 0 Å². The van der Waals surface area contributed by atoms with Crippen LogP contribution >= 0.6 is 0 Å². The molecule has 2 heterocycles. The Balaban J connectivity index is 2.05. The van der Waals surface area contributed by atoms with Crippen LogP contribution in [0.1, 0.15) is 12.5 Å². The molecule has 2 aromatic carbocycles. The smallest absolute Gasteiger partial charge is 0.230 e. The SMILES string of the molecule is C[C@@H]1OC(O)(c2c(-c3ccccc3)oc3ccccc3c2=O)[C@H](O)[C@H](O)[C@H]1O. The molecule has 1 unspecified atom stereocenters. The minimum Gasteiger partial charge on any atom is -0.455 e. The lowest BCUT2D eigenvalue weighted by Gasteiger charge is -2.44. The molecule has 1 saturated heterocycles. The number of hydrogen-bond donors (Lipinski definition) is 4. The summed E-state index contributed by atoms with van der Waals surface area (Å²) in [6.07, 6.45) is -6.16. The molecule has 0 aliphatic carbocycles. The molecule has 1 aromatic heterocycles. The highest BCUT2D eigenvalue weighted by atomic mass is 16.7. The number of fused-ring (bicyclic) bond motifs is 1. The summed E-state index contributed by atoms with van der Waals surface area (Å²) in [6.45, 7) is 1.43. The third-order valence-corrected chi connectivity index (χ3v) is 5.11. The summed E-state index contributed by atoms with van der Waals surface area (Å²) in [4.78, 5) is 13.3. The van der Waals surface area contributed by atoms with E-state index in [1.807, 2.05) is 0 Å². The first-order chi connectivity index (χ1) is 13.3. The van der Waals surface area contributed by atoms with E-state index >= 15 is 0 Å². The van der Waals surface area contributed by atoms with E-state index in [2.05, 4.69) is 0 Å². The molecule has 4 rings (SSSR count). The van der Waals surface area contributed by atoms with Gasteiger partial charge in [0.15, 0.2) is 0 Å². The van der Waals surface area contributed by atoms with Gasteiger partial charge < -0.3 is 29.6 Å². The van der Waals surface area contributed by atoms with Gasteiger partial charge in [0.2, 0.25) is 11.2 Å². The summed E-state index contributed by atoms with van der Waals surface area (Å²) in [5, 5.41) is 42.2. The van der Waals surface area contributed by atoms with Gasteiger partial charge >= 0.3 is 0 Å². The summed E-state index contributed by atoms with van der Waals surface area (Å²) < 4.78 is 11.4. The highest BCUT2D eigenvalue weighted by Crippen LogP contribution is 2.40. The molecule has 0 radical (unpaired) electrons. The molecule has 146 valence electrons. The summed E-state index contributed by atoms with van der Waals surface area (Å²) in [5.74, 6) is -2.56. The lowest BCUT2D eigenvalue weighted by atomic mass is 9.86. The Bertz CT molecular complexity index is 1060. The highest BCUT2D eigenvalue weighted by Gasteiger charge is 2.55. The van der Waals surface area contributed by atoms with Crippen molar-refractivity contribution in [2.75, 3.05) is 0 Å². The third-order valence-electron chi connectivity index (χ3n) is 5.11. The summed E-state index contributed by atoms with van der Waals surface area (Å²) in [5.41, 5.74) is -0.142.